The molecular formula is C32H39N5O6S. The van der Waals surface area contributed by atoms with Crippen LogP contribution in [0.5, 0.6) is 11.6 Å². The summed E-state index contributed by atoms with van der Waals surface area (Å²) in [5.41, 5.74) is 3.32. The third kappa shape index (κ3) is 6.82. The summed E-state index contributed by atoms with van der Waals surface area (Å²) in [7, 11) is -0.846. The first kappa shape index (κ1) is 31.3. The van der Waals surface area contributed by atoms with Gasteiger partial charge in [-0.2, -0.15) is 0 Å². The van der Waals surface area contributed by atoms with Gasteiger partial charge >= 0.3 is 0 Å². The molecule has 1 aliphatic heterocycles. The van der Waals surface area contributed by atoms with Crippen LogP contribution >= 0.6 is 0 Å². The van der Waals surface area contributed by atoms with Gasteiger partial charge in [-0.1, -0.05) is 32.9 Å². The number of morpholine rings is 1. The van der Waals surface area contributed by atoms with E-state index in [0.29, 0.717) is 71.3 Å². The number of rotatable bonds is 10. The Kier molecular flexibility index (Phi) is 9.14. The lowest BCUT2D eigenvalue weighted by Crippen LogP contribution is -2.41. The van der Waals surface area contributed by atoms with Crippen LogP contribution in [0.4, 0.5) is 5.69 Å². The van der Waals surface area contributed by atoms with E-state index in [-0.39, 0.29) is 16.2 Å². The molecule has 3 N–H and O–H groups in total. The predicted molar refractivity (Wildman–Crippen MR) is 170 cm³/mol. The Hall–Kier alpha value is -4.13. The zero-order chi connectivity index (χ0) is 31.5. The minimum Gasteiger partial charge on any atom is -0.496 e. The highest BCUT2D eigenvalue weighted by atomic mass is 32.2. The molecule has 2 aromatic heterocycles. The summed E-state index contributed by atoms with van der Waals surface area (Å²) in [5, 5.41) is 3.64. The van der Waals surface area contributed by atoms with Gasteiger partial charge in [0.1, 0.15) is 11.4 Å². The zero-order valence-electron chi connectivity index (χ0n) is 25.7. The topological polar surface area (TPSA) is 135 Å². The predicted octanol–water partition coefficient (Wildman–Crippen LogP) is 4.41. The van der Waals surface area contributed by atoms with E-state index in [1.54, 1.807) is 42.6 Å². The number of amides is 1. The summed E-state index contributed by atoms with van der Waals surface area (Å²) in [4.78, 5) is 23.6. The van der Waals surface area contributed by atoms with Crippen LogP contribution in [0.15, 0.2) is 59.6 Å². The lowest BCUT2D eigenvalue weighted by Gasteiger charge is -2.26. The smallest absolute Gasteiger partial charge is 0.268 e. The maximum Gasteiger partial charge on any atom is 0.268 e. The van der Waals surface area contributed by atoms with Gasteiger partial charge in [-0.3, -0.25) is 14.4 Å². The second-order valence-electron chi connectivity index (χ2n) is 11.7. The molecule has 11 nitrogen and oxygen atoms in total. The van der Waals surface area contributed by atoms with Crippen LogP contribution in [0.1, 0.15) is 36.8 Å². The minimum atomic E-state index is -3.88. The summed E-state index contributed by atoms with van der Waals surface area (Å²) in [6, 6.07) is 13.6. The largest absolute Gasteiger partial charge is 0.496 e. The first-order chi connectivity index (χ1) is 21.0. The van der Waals surface area contributed by atoms with Crippen molar-refractivity contribution in [3.05, 3.63) is 66.0 Å². The molecule has 0 aliphatic carbocycles. The number of carbonyl (C=O) groups excluding carboxylic acids is 1. The number of aromatic amines is 1. The molecule has 1 saturated heterocycles. The SMILES string of the molecule is COc1cc(OC)c(-c2c(C(=O)NCCN3CCOCC3)[nH]c3ccc(NS(=O)(=O)c4ccc(C(C)(C)C)cc4)cc23)cn1. The van der Waals surface area contributed by atoms with Gasteiger partial charge in [0.2, 0.25) is 5.88 Å². The van der Waals surface area contributed by atoms with Crippen molar-refractivity contribution >= 4 is 32.5 Å². The van der Waals surface area contributed by atoms with Crippen molar-refractivity contribution in [2.24, 2.45) is 0 Å². The lowest BCUT2D eigenvalue weighted by molar-refractivity contribution is 0.0383. The Morgan fingerprint density at radius 3 is 2.43 bits per heavy atom. The zero-order valence-corrected chi connectivity index (χ0v) is 26.5. The highest BCUT2D eigenvalue weighted by molar-refractivity contribution is 7.92. The summed E-state index contributed by atoms with van der Waals surface area (Å²) in [6.07, 6.45) is 1.58. The van der Waals surface area contributed by atoms with Gasteiger partial charge in [-0.15, -0.1) is 0 Å². The van der Waals surface area contributed by atoms with E-state index in [4.69, 9.17) is 14.2 Å². The van der Waals surface area contributed by atoms with E-state index >= 15 is 0 Å². The number of methoxy groups -OCH3 is 2. The number of pyridine rings is 1. The van der Waals surface area contributed by atoms with E-state index in [1.807, 2.05) is 12.1 Å². The fourth-order valence-corrected chi connectivity index (χ4v) is 6.23. The number of carbonyl (C=O) groups is 1. The van der Waals surface area contributed by atoms with Crippen molar-refractivity contribution in [3.8, 4) is 22.8 Å². The number of hydrogen-bond acceptors (Lipinski definition) is 8. The average Bonchev–Trinajstić information content (AvgIpc) is 3.39. The van der Waals surface area contributed by atoms with Gasteiger partial charge in [0.15, 0.2) is 0 Å². The van der Waals surface area contributed by atoms with Crippen molar-refractivity contribution in [2.75, 3.05) is 58.3 Å². The number of sulfonamides is 1. The summed E-state index contributed by atoms with van der Waals surface area (Å²) >= 11 is 0. The Morgan fingerprint density at radius 2 is 1.77 bits per heavy atom. The van der Waals surface area contributed by atoms with Crippen molar-refractivity contribution in [1.82, 2.24) is 20.2 Å². The summed E-state index contributed by atoms with van der Waals surface area (Å²) in [5.74, 6) is 0.501. The third-order valence-corrected chi connectivity index (χ3v) is 9.06. The quantitative estimate of drug-likeness (QED) is 0.237. The monoisotopic (exact) mass is 621 g/mol. The van der Waals surface area contributed by atoms with Gasteiger partial charge in [0.05, 0.1) is 32.3 Å². The number of ether oxygens (including phenoxy) is 3. The van der Waals surface area contributed by atoms with E-state index in [9.17, 15) is 13.2 Å². The van der Waals surface area contributed by atoms with Crippen LogP contribution in [-0.4, -0.2) is 82.8 Å². The molecule has 0 bridgehead atoms. The van der Waals surface area contributed by atoms with E-state index < -0.39 is 10.0 Å². The van der Waals surface area contributed by atoms with Crippen LogP contribution in [0.3, 0.4) is 0 Å². The Balaban J connectivity index is 1.50. The molecule has 1 amide bonds. The molecule has 1 aliphatic rings. The summed E-state index contributed by atoms with van der Waals surface area (Å²) < 4.78 is 45.7. The molecule has 0 radical (unpaired) electrons. The molecule has 0 spiro atoms. The first-order valence-corrected chi connectivity index (χ1v) is 15.9. The number of nitrogens with zero attached hydrogens (tertiary/aromatic N) is 2. The van der Waals surface area contributed by atoms with Crippen molar-refractivity contribution < 1.29 is 27.4 Å². The second-order valence-corrected chi connectivity index (χ2v) is 13.3. The van der Waals surface area contributed by atoms with Crippen LogP contribution in [-0.2, 0) is 20.2 Å². The van der Waals surface area contributed by atoms with Crippen LogP contribution in [0.2, 0.25) is 0 Å². The lowest BCUT2D eigenvalue weighted by atomic mass is 9.87. The fourth-order valence-electron chi connectivity index (χ4n) is 5.18. The van der Waals surface area contributed by atoms with E-state index in [1.165, 1.54) is 14.2 Å². The van der Waals surface area contributed by atoms with Crippen LogP contribution in [0.25, 0.3) is 22.0 Å². The number of fused-ring (bicyclic) bond motifs is 1. The maximum absolute atomic E-state index is 13.6. The molecule has 1 fully saturated rings. The number of H-pyrrole nitrogens is 1. The first-order valence-electron chi connectivity index (χ1n) is 14.5. The normalized spacial score (nSPS) is 14.4. The Bertz CT molecular complexity index is 1740. The van der Waals surface area contributed by atoms with E-state index in [2.05, 4.69) is 45.7 Å². The molecule has 4 aromatic rings. The molecule has 12 heteroatoms. The van der Waals surface area contributed by atoms with Gasteiger partial charge in [0.25, 0.3) is 15.9 Å². The molecule has 5 rings (SSSR count). The molecule has 0 atom stereocenters. The standard InChI is InChI=1S/C32H39N5O6S/c1-32(2,3)21-6-9-23(10-7-21)44(39,40)36-22-8-11-26-24(18-22)29(25-20-34-28(42-5)19-27(25)41-4)30(35-26)31(38)33-12-13-37-14-16-43-17-15-37/h6-11,18-20,35-36H,12-17H2,1-5H3,(H,33,38). The number of benzene rings is 2. The van der Waals surface area contributed by atoms with Crippen LogP contribution < -0.4 is 19.5 Å². The Labute approximate surface area is 258 Å². The average molecular weight is 622 g/mol. The number of hydrogen-bond donors (Lipinski definition) is 3. The molecule has 3 heterocycles. The van der Waals surface area contributed by atoms with E-state index in [0.717, 1.165) is 18.7 Å². The minimum absolute atomic E-state index is 0.102. The number of nitrogens with one attached hydrogen (secondary N) is 3. The molecule has 44 heavy (non-hydrogen) atoms. The third-order valence-electron chi connectivity index (χ3n) is 7.67. The molecule has 2 aromatic carbocycles. The molecule has 0 unspecified atom stereocenters. The summed E-state index contributed by atoms with van der Waals surface area (Å²) in [6.45, 7) is 10.4. The van der Waals surface area contributed by atoms with Crippen molar-refractivity contribution in [3.63, 3.8) is 0 Å². The van der Waals surface area contributed by atoms with Gasteiger partial charge in [0, 0.05) is 66.2 Å². The van der Waals surface area contributed by atoms with Crippen molar-refractivity contribution in [1.29, 1.82) is 0 Å². The molecule has 0 saturated carbocycles. The van der Waals surface area contributed by atoms with Gasteiger partial charge in [-0.05, 0) is 41.3 Å². The van der Waals surface area contributed by atoms with Gasteiger partial charge < -0.3 is 24.5 Å². The van der Waals surface area contributed by atoms with Crippen molar-refractivity contribution in [2.45, 2.75) is 31.1 Å². The highest BCUT2D eigenvalue weighted by Crippen LogP contribution is 2.40. The highest BCUT2D eigenvalue weighted by Gasteiger charge is 2.24. The number of aromatic nitrogens is 2. The Morgan fingerprint density at radius 1 is 1.05 bits per heavy atom. The van der Waals surface area contributed by atoms with Crippen LogP contribution in [0, 0.1) is 0 Å². The fraction of sp³-hybridized carbons (Fsp3) is 0.375. The molecular weight excluding hydrogens is 582 g/mol. The number of anilines is 1. The second kappa shape index (κ2) is 12.8. The van der Waals surface area contributed by atoms with Gasteiger partial charge in [-0.25, -0.2) is 13.4 Å². The maximum atomic E-state index is 13.6. The molecule has 234 valence electrons.